The van der Waals surface area contributed by atoms with Crippen molar-refractivity contribution in [2.45, 2.75) is 32.5 Å². The molecule has 5 nitrogen and oxygen atoms in total. The Morgan fingerprint density at radius 2 is 2.00 bits per heavy atom. The Hall–Kier alpha value is -1.11. The standard InChI is InChI=1S/C15H24BN3O2/c1-12-15(2,3)21-16(20-12)13-5-6-17-14(11-13)19-9-7-18(4)8-10-19/h5-6,11-12H,7-10H2,1-4H3. The lowest BCUT2D eigenvalue weighted by Crippen LogP contribution is -2.45. The number of piperazine rings is 1. The van der Waals surface area contributed by atoms with Gasteiger partial charge in [-0.3, -0.25) is 0 Å². The highest BCUT2D eigenvalue weighted by Crippen LogP contribution is 2.27. The van der Waals surface area contributed by atoms with Gasteiger partial charge in [-0.15, -0.1) is 0 Å². The van der Waals surface area contributed by atoms with E-state index in [-0.39, 0.29) is 18.8 Å². The van der Waals surface area contributed by atoms with Crippen molar-refractivity contribution in [3.05, 3.63) is 18.3 Å². The van der Waals surface area contributed by atoms with Gasteiger partial charge in [0.05, 0.1) is 11.7 Å². The van der Waals surface area contributed by atoms with E-state index in [1.165, 1.54) is 0 Å². The van der Waals surface area contributed by atoms with Gasteiger partial charge >= 0.3 is 7.12 Å². The summed E-state index contributed by atoms with van der Waals surface area (Å²) in [5.41, 5.74) is 0.804. The van der Waals surface area contributed by atoms with Crippen LogP contribution in [0.15, 0.2) is 18.3 Å². The number of hydrogen-bond donors (Lipinski definition) is 0. The van der Waals surface area contributed by atoms with Crippen LogP contribution < -0.4 is 10.4 Å². The smallest absolute Gasteiger partial charge is 0.402 e. The van der Waals surface area contributed by atoms with Gasteiger partial charge in [0.2, 0.25) is 0 Å². The van der Waals surface area contributed by atoms with E-state index >= 15 is 0 Å². The minimum Gasteiger partial charge on any atom is -0.402 e. The normalized spacial score (nSPS) is 26.4. The molecule has 6 heteroatoms. The van der Waals surface area contributed by atoms with Gasteiger partial charge in [-0.05, 0) is 45.4 Å². The minimum atomic E-state index is -0.288. The first-order valence-electron chi connectivity index (χ1n) is 7.68. The van der Waals surface area contributed by atoms with E-state index in [1.807, 2.05) is 12.3 Å². The van der Waals surface area contributed by atoms with Gasteiger partial charge in [-0.2, -0.15) is 0 Å². The third-order valence-electron chi connectivity index (χ3n) is 4.59. The lowest BCUT2D eigenvalue weighted by atomic mass is 9.80. The van der Waals surface area contributed by atoms with Gasteiger partial charge in [0.15, 0.2) is 0 Å². The summed E-state index contributed by atoms with van der Waals surface area (Å²) in [6.45, 7) is 10.4. The van der Waals surface area contributed by atoms with Crippen LogP contribution in [0.5, 0.6) is 0 Å². The topological polar surface area (TPSA) is 37.8 Å². The third kappa shape index (κ3) is 3.07. The highest BCUT2D eigenvalue weighted by atomic mass is 16.7. The van der Waals surface area contributed by atoms with Gasteiger partial charge in [0.25, 0.3) is 0 Å². The molecule has 0 aliphatic carbocycles. The molecule has 0 saturated carbocycles. The second-order valence-electron chi connectivity index (χ2n) is 6.57. The zero-order valence-electron chi connectivity index (χ0n) is 13.4. The molecule has 1 atom stereocenters. The molecule has 0 amide bonds. The van der Waals surface area contributed by atoms with Crippen LogP contribution in [-0.2, 0) is 9.31 Å². The molecule has 0 N–H and O–H groups in total. The summed E-state index contributed by atoms with van der Waals surface area (Å²) in [5.74, 6) is 1.02. The molecule has 1 aromatic heterocycles. The summed E-state index contributed by atoms with van der Waals surface area (Å²) in [5, 5.41) is 0. The number of anilines is 1. The Labute approximate surface area is 127 Å². The van der Waals surface area contributed by atoms with Crippen LogP contribution in [0, 0.1) is 0 Å². The molecule has 0 spiro atoms. The summed E-state index contributed by atoms with van der Waals surface area (Å²) in [6, 6.07) is 4.09. The first kappa shape index (κ1) is 14.8. The third-order valence-corrected chi connectivity index (χ3v) is 4.59. The molecule has 0 bridgehead atoms. The molecule has 2 aliphatic heterocycles. The second kappa shape index (κ2) is 5.59. The first-order valence-corrected chi connectivity index (χ1v) is 7.68. The Morgan fingerprint density at radius 3 is 2.62 bits per heavy atom. The molecule has 3 rings (SSSR count). The molecule has 0 radical (unpaired) electrons. The number of aromatic nitrogens is 1. The van der Waals surface area contributed by atoms with Crippen molar-refractivity contribution in [2.24, 2.45) is 0 Å². The molecule has 2 saturated heterocycles. The molecule has 0 aromatic carbocycles. The van der Waals surface area contributed by atoms with Crippen LogP contribution >= 0.6 is 0 Å². The van der Waals surface area contributed by atoms with Gasteiger partial charge < -0.3 is 19.1 Å². The van der Waals surface area contributed by atoms with E-state index in [1.54, 1.807) is 0 Å². The molecular formula is C15H24BN3O2. The van der Waals surface area contributed by atoms with Gasteiger partial charge in [-0.25, -0.2) is 4.98 Å². The lowest BCUT2D eigenvalue weighted by molar-refractivity contribution is 0.0842. The quantitative estimate of drug-likeness (QED) is 0.751. The van der Waals surface area contributed by atoms with Crippen molar-refractivity contribution in [3.63, 3.8) is 0 Å². The molecule has 1 aromatic rings. The van der Waals surface area contributed by atoms with Crippen LogP contribution in [0.25, 0.3) is 0 Å². The van der Waals surface area contributed by atoms with Crippen LogP contribution in [0.2, 0.25) is 0 Å². The van der Waals surface area contributed by atoms with Gasteiger partial charge in [0, 0.05) is 32.4 Å². The lowest BCUT2D eigenvalue weighted by Gasteiger charge is -2.33. The van der Waals surface area contributed by atoms with Crippen LogP contribution in [0.4, 0.5) is 5.82 Å². The largest absolute Gasteiger partial charge is 0.494 e. The minimum absolute atomic E-state index is 0.0859. The van der Waals surface area contributed by atoms with Crippen molar-refractivity contribution in [1.82, 2.24) is 9.88 Å². The van der Waals surface area contributed by atoms with E-state index in [0.29, 0.717) is 0 Å². The second-order valence-corrected chi connectivity index (χ2v) is 6.57. The van der Waals surface area contributed by atoms with Crippen molar-refractivity contribution >= 4 is 18.4 Å². The Morgan fingerprint density at radius 1 is 1.29 bits per heavy atom. The molecule has 21 heavy (non-hydrogen) atoms. The predicted molar refractivity (Wildman–Crippen MR) is 85.0 cm³/mol. The van der Waals surface area contributed by atoms with E-state index in [0.717, 1.165) is 37.5 Å². The predicted octanol–water partition coefficient (Wildman–Crippen LogP) is 0.742. The van der Waals surface area contributed by atoms with E-state index < -0.39 is 0 Å². The van der Waals surface area contributed by atoms with Crippen LogP contribution in [-0.4, -0.2) is 61.9 Å². The maximum Gasteiger partial charge on any atom is 0.494 e. The van der Waals surface area contributed by atoms with Crippen molar-refractivity contribution in [2.75, 3.05) is 38.1 Å². The molecule has 2 fully saturated rings. The van der Waals surface area contributed by atoms with E-state index in [9.17, 15) is 0 Å². The SMILES string of the molecule is CC1OB(c2ccnc(N3CCN(C)CC3)c2)OC1(C)C. The Balaban J connectivity index is 1.75. The number of likely N-dealkylation sites (N-methyl/N-ethyl adjacent to an activating group) is 1. The van der Waals surface area contributed by atoms with Crippen molar-refractivity contribution in [3.8, 4) is 0 Å². The zero-order valence-corrected chi connectivity index (χ0v) is 13.4. The van der Waals surface area contributed by atoms with Gasteiger partial charge in [0.1, 0.15) is 5.82 Å². The fraction of sp³-hybridized carbons (Fsp3) is 0.667. The first-order chi connectivity index (χ1) is 9.95. The van der Waals surface area contributed by atoms with Crippen LogP contribution in [0.3, 0.4) is 0 Å². The van der Waals surface area contributed by atoms with E-state index in [4.69, 9.17) is 9.31 Å². The number of rotatable bonds is 2. The highest BCUT2D eigenvalue weighted by molar-refractivity contribution is 6.62. The average Bonchev–Trinajstić information content (AvgIpc) is 2.74. The Kier molecular flexibility index (Phi) is 3.95. The summed E-state index contributed by atoms with van der Waals surface area (Å²) in [4.78, 5) is 9.18. The van der Waals surface area contributed by atoms with Gasteiger partial charge in [-0.1, -0.05) is 0 Å². The maximum atomic E-state index is 6.03. The van der Waals surface area contributed by atoms with Crippen molar-refractivity contribution < 1.29 is 9.31 Å². The monoisotopic (exact) mass is 289 g/mol. The maximum absolute atomic E-state index is 6.03. The summed E-state index contributed by atoms with van der Waals surface area (Å²) in [7, 11) is 1.87. The fourth-order valence-electron chi connectivity index (χ4n) is 2.68. The summed E-state index contributed by atoms with van der Waals surface area (Å²) < 4.78 is 12.0. The number of hydrogen-bond acceptors (Lipinski definition) is 5. The van der Waals surface area contributed by atoms with Crippen LogP contribution in [0.1, 0.15) is 20.8 Å². The highest BCUT2D eigenvalue weighted by Gasteiger charge is 2.44. The average molecular weight is 289 g/mol. The molecule has 2 aliphatic rings. The molecule has 3 heterocycles. The molecular weight excluding hydrogens is 265 g/mol. The number of pyridine rings is 1. The zero-order chi connectivity index (χ0) is 15.0. The summed E-state index contributed by atoms with van der Waals surface area (Å²) in [6.07, 6.45) is 1.94. The van der Waals surface area contributed by atoms with Crippen molar-refractivity contribution in [1.29, 1.82) is 0 Å². The summed E-state index contributed by atoms with van der Waals surface area (Å²) >= 11 is 0. The number of nitrogens with zero attached hydrogens (tertiary/aromatic N) is 3. The molecule has 114 valence electrons. The van der Waals surface area contributed by atoms with E-state index in [2.05, 4.69) is 48.7 Å². The Bertz CT molecular complexity index is 503. The fourth-order valence-corrected chi connectivity index (χ4v) is 2.68. The molecule has 1 unspecified atom stereocenters.